The van der Waals surface area contributed by atoms with Gasteiger partial charge >= 0.3 is 5.97 Å². The van der Waals surface area contributed by atoms with Gasteiger partial charge < -0.3 is 25.9 Å². The molecule has 2 fully saturated rings. The van der Waals surface area contributed by atoms with Crippen molar-refractivity contribution in [1.29, 1.82) is 0 Å². The number of nitrogens with zero attached hydrogens (tertiary/aromatic N) is 3. The number of aromatic amines is 1. The molecule has 1 aromatic carbocycles. The minimum Gasteiger partial charge on any atom is -0.480 e. The van der Waals surface area contributed by atoms with E-state index in [0.717, 1.165) is 69.5 Å². The number of nitrogen functional groups attached to an aromatic ring is 1. The van der Waals surface area contributed by atoms with E-state index in [2.05, 4.69) is 52.2 Å². The molecule has 0 radical (unpaired) electrons. The van der Waals surface area contributed by atoms with Crippen LogP contribution in [0.4, 0.5) is 11.5 Å². The first kappa shape index (κ1) is 27.4. The smallest absolute Gasteiger partial charge is 0.317 e. The van der Waals surface area contributed by atoms with Crippen LogP contribution in [0.15, 0.2) is 30.5 Å². The number of nitrogens with one attached hydrogen (secondary N) is 2. The van der Waals surface area contributed by atoms with Crippen LogP contribution >= 0.6 is 0 Å². The van der Waals surface area contributed by atoms with E-state index in [1.165, 1.54) is 17.3 Å². The highest BCUT2D eigenvalue weighted by molar-refractivity contribution is 6.03. The predicted octanol–water partition coefficient (Wildman–Crippen LogP) is 3.55. The number of carbonyl (C=O) groups is 2. The minimum atomic E-state index is -0.785. The summed E-state index contributed by atoms with van der Waals surface area (Å²) in [6.07, 6.45) is 8.51. The summed E-state index contributed by atoms with van der Waals surface area (Å²) in [5.74, 6) is -0.584. The summed E-state index contributed by atoms with van der Waals surface area (Å²) in [5, 5.41) is 12.3. The number of anilines is 2. The van der Waals surface area contributed by atoms with Gasteiger partial charge in [-0.2, -0.15) is 0 Å². The molecule has 2 aromatic rings. The number of aliphatic carboxylic acids is 1. The summed E-state index contributed by atoms with van der Waals surface area (Å²) in [6, 6.07) is 6.43. The van der Waals surface area contributed by atoms with Crippen LogP contribution in [0, 0.1) is 5.41 Å². The zero-order valence-corrected chi connectivity index (χ0v) is 23.0. The number of benzene rings is 1. The molecule has 0 saturated carbocycles. The number of carboxylic acid groups (broad SMARTS) is 1. The van der Waals surface area contributed by atoms with Crippen LogP contribution in [0.25, 0.3) is 5.57 Å². The number of rotatable bonds is 7. The zero-order valence-electron chi connectivity index (χ0n) is 23.0. The van der Waals surface area contributed by atoms with Gasteiger partial charge in [0.2, 0.25) is 0 Å². The highest BCUT2D eigenvalue weighted by atomic mass is 16.5. The lowest BCUT2D eigenvalue weighted by Gasteiger charge is -2.50. The average Bonchev–Trinajstić information content (AvgIpc) is 3.36. The number of piperazine rings is 1. The first-order valence-electron chi connectivity index (χ1n) is 13.9. The Morgan fingerprint density at radius 2 is 1.90 bits per heavy atom. The van der Waals surface area contributed by atoms with E-state index in [-0.39, 0.29) is 29.2 Å². The van der Waals surface area contributed by atoms with E-state index < -0.39 is 5.97 Å². The van der Waals surface area contributed by atoms with Gasteiger partial charge in [-0.15, -0.1) is 0 Å². The average molecular weight is 537 g/mol. The number of H-pyrrole nitrogens is 1. The summed E-state index contributed by atoms with van der Waals surface area (Å²) in [7, 11) is 0. The van der Waals surface area contributed by atoms with Gasteiger partial charge in [-0.25, -0.2) is 4.98 Å². The highest BCUT2D eigenvalue weighted by Crippen LogP contribution is 2.44. The third kappa shape index (κ3) is 6.03. The third-order valence-corrected chi connectivity index (χ3v) is 8.59. The van der Waals surface area contributed by atoms with Crippen molar-refractivity contribution >= 4 is 29.0 Å². The van der Waals surface area contributed by atoms with Gasteiger partial charge in [-0.1, -0.05) is 26.0 Å². The van der Waals surface area contributed by atoms with E-state index in [4.69, 9.17) is 10.5 Å². The zero-order chi connectivity index (χ0) is 27.6. The fourth-order valence-electron chi connectivity index (χ4n) is 6.18. The summed E-state index contributed by atoms with van der Waals surface area (Å²) in [6.45, 7) is 9.08. The molecule has 2 saturated heterocycles. The van der Waals surface area contributed by atoms with Crippen LogP contribution in [-0.2, 0) is 15.1 Å². The largest absolute Gasteiger partial charge is 0.480 e. The standard InChI is InChI=1S/C29H40N6O4/c1-28(2)7-5-20(6-8-28)22-17-21(3-4-23(22)32-27(38)26-31-18-24(30)33-26)29(9-15-39-16-10-29)35-13-11-34(12-14-35)19-25(36)37/h3-5,17-18H,6-16,19,30H2,1-2H3,(H,31,33)(H,32,38)(H,36,37). The molecule has 0 unspecified atom stereocenters. The lowest BCUT2D eigenvalue weighted by atomic mass is 9.75. The second kappa shape index (κ2) is 11.1. The molecular formula is C29H40N6O4. The Morgan fingerprint density at radius 3 is 2.51 bits per heavy atom. The molecule has 10 heteroatoms. The molecule has 5 rings (SSSR count). The monoisotopic (exact) mass is 536 g/mol. The SMILES string of the molecule is CC1(C)CC=C(c2cc(C3(N4CCN(CC(=O)O)CC4)CCOCC3)ccc2NC(=O)c2ncc(N)[nH]2)CC1. The molecular weight excluding hydrogens is 496 g/mol. The first-order chi connectivity index (χ1) is 18.6. The number of allylic oxidation sites excluding steroid dienone is 2. The van der Waals surface area contributed by atoms with Crippen molar-refractivity contribution in [3.63, 3.8) is 0 Å². The molecule has 1 aromatic heterocycles. The second-order valence-corrected chi connectivity index (χ2v) is 11.8. The molecule has 39 heavy (non-hydrogen) atoms. The van der Waals surface area contributed by atoms with E-state index >= 15 is 0 Å². The van der Waals surface area contributed by atoms with Crippen LogP contribution in [0.3, 0.4) is 0 Å². The Labute approximate surface area is 229 Å². The van der Waals surface area contributed by atoms with Gasteiger partial charge in [0.25, 0.3) is 5.91 Å². The quantitative estimate of drug-likeness (QED) is 0.422. The number of carbonyl (C=O) groups excluding carboxylic acids is 1. The van der Waals surface area contributed by atoms with Crippen molar-refractivity contribution < 1.29 is 19.4 Å². The Hall–Kier alpha value is -3.21. The van der Waals surface area contributed by atoms with Crippen molar-refractivity contribution in [1.82, 2.24) is 19.8 Å². The van der Waals surface area contributed by atoms with E-state index in [0.29, 0.717) is 19.0 Å². The lowest BCUT2D eigenvalue weighted by Crippen LogP contribution is -2.57. The van der Waals surface area contributed by atoms with E-state index in [9.17, 15) is 14.7 Å². The minimum absolute atomic E-state index is 0.0777. The van der Waals surface area contributed by atoms with Crippen molar-refractivity contribution in [2.75, 3.05) is 57.0 Å². The molecule has 210 valence electrons. The maximum atomic E-state index is 13.0. The normalized spacial score (nSPS) is 21.7. The lowest BCUT2D eigenvalue weighted by molar-refractivity contribution is -0.139. The molecule has 1 amide bonds. The number of aromatic nitrogens is 2. The topological polar surface area (TPSA) is 137 Å². The summed E-state index contributed by atoms with van der Waals surface area (Å²) >= 11 is 0. The molecule has 0 atom stereocenters. The molecule has 5 N–H and O–H groups in total. The number of hydrogen-bond donors (Lipinski definition) is 4. The molecule has 3 aliphatic rings. The van der Waals surface area contributed by atoms with Crippen LogP contribution in [-0.4, -0.2) is 82.7 Å². The van der Waals surface area contributed by atoms with Crippen molar-refractivity contribution in [3.8, 4) is 0 Å². The van der Waals surface area contributed by atoms with Gasteiger partial charge in [0.05, 0.1) is 18.3 Å². The number of hydrogen-bond acceptors (Lipinski definition) is 7. The van der Waals surface area contributed by atoms with Crippen LogP contribution in [0.1, 0.15) is 67.7 Å². The number of carboxylic acids is 1. The number of nitrogens with two attached hydrogens (primary N) is 1. The molecule has 0 spiro atoms. The first-order valence-corrected chi connectivity index (χ1v) is 13.9. The number of amides is 1. The van der Waals surface area contributed by atoms with Crippen LogP contribution in [0.2, 0.25) is 0 Å². The van der Waals surface area contributed by atoms with Crippen molar-refractivity contribution in [2.45, 2.75) is 51.5 Å². The maximum absolute atomic E-state index is 13.0. The van der Waals surface area contributed by atoms with Gasteiger partial charge in [0.1, 0.15) is 5.82 Å². The molecule has 0 bridgehead atoms. The molecule has 3 heterocycles. The second-order valence-electron chi connectivity index (χ2n) is 11.8. The fraction of sp³-hybridized carbons (Fsp3) is 0.552. The van der Waals surface area contributed by atoms with E-state index in [1.54, 1.807) is 0 Å². The van der Waals surface area contributed by atoms with Crippen LogP contribution in [0.5, 0.6) is 0 Å². The maximum Gasteiger partial charge on any atom is 0.317 e. The predicted molar refractivity (Wildman–Crippen MR) is 150 cm³/mol. The molecule has 10 nitrogen and oxygen atoms in total. The molecule has 1 aliphatic carbocycles. The number of ether oxygens (including phenoxy) is 1. The van der Waals surface area contributed by atoms with Crippen LogP contribution < -0.4 is 11.1 Å². The van der Waals surface area contributed by atoms with Gasteiger partial charge in [0.15, 0.2) is 5.82 Å². The summed E-state index contributed by atoms with van der Waals surface area (Å²) in [5.41, 5.74) is 10.1. The summed E-state index contributed by atoms with van der Waals surface area (Å²) in [4.78, 5) is 35.7. The number of imidazole rings is 1. The Kier molecular flexibility index (Phi) is 7.80. The van der Waals surface area contributed by atoms with Gasteiger partial charge in [-0.05, 0) is 60.8 Å². The van der Waals surface area contributed by atoms with Gasteiger partial charge in [-0.3, -0.25) is 19.4 Å². The summed E-state index contributed by atoms with van der Waals surface area (Å²) < 4.78 is 5.80. The Bertz CT molecular complexity index is 1240. The Morgan fingerprint density at radius 1 is 1.15 bits per heavy atom. The fourth-order valence-corrected chi connectivity index (χ4v) is 6.18. The van der Waals surface area contributed by atoms with Crippen molar-refractivity contribution in [3.05, 3.63) is 47.4 Å². The highest BCUT2D eigenvalue weighted by Gasteiger charge is 2.42. The molecule has 2 aliphatic heterocycles. The van der Waals surface area contributed by atoms with Crippen molar-refractivity contribution in [2.24, 2.45) is 5.41 Å². The third-order valence-electron chi connectivity index (χ3n) is 8.59. The van der Waals surface area contributed by atoms with Gasteiger partial charge in [0, 0.05) is 50.6 Å². The Balaban J connectivity index is 1.49. The van der Waals surface area contributed by atoms with E-state index in [1.807, 2.05) is 11.0 Å².